The Labute approximate surface area is 139 Å². The fourth-order valence-corrected chi connectivity index (χ4v) is 3.39. The van der Waals surface area contributed by atoms with Crippen LogP contribution in [-0.2, 0) is 4.74 Å². The second-order valence-corrected chi connectivity index (χ2v) is 6.42. The Bertz CT molecular complexity index is 689. The number of morpholine rings is 1. The van der Waals surface area contributed by atoms with Gasteiger partial charge in [0.25, 0.3) is 0 Å². The minimum atomic E-state index is -0.0340. The predicted octanol–water partition coefficient (Wildman–Crippen LogP) is 3.05. The van der Waals surface area contributed by atoms with Crippen molar-refractivity contribution in [2.45, 2.75) is 26.1 Å². The highest BCUT2D eigenvalue weighted by molar-refractivity contribution is 7.10. The molecule has 0 unspecified atom stereocenters. The van der Waals surface area contributed by atoms with E-state index in [4.69, 9.17) is 4.74 Å². The first-order valence-electron chi connectivity index (χ1n) is 7.63. The van der Waals surface area contributed by atoms with Crippen LogP contribution in [0.25, 0.3) is 6.08 Å². The Hall–Kier alpha value is -2.05. The molecule has 0 aliphatic carbocycles. The van der Waals surface area contributed by atoms with Gasteiger partial charge in [0, 0.05) is 30.2 Å². The molecule has 1 saturated heterocycles. The molecule has 3 rings (SSSR count). The molecule has 2 heterocycles. The molecule has 5 nitrogen and oxygen atoms in total. The highest BCUT2D eigenvalue weighted by Crippen LogP contribution is 2.27. The molecule has 2 atom stereocenters. The van der Waals surface area contributed by atoms with Gasteiger partial charge in [-0.05, 0) is 26.0 Å². The topological polar surface area (TPSA) is 55.3 Å². The first-order chi connectivity index (χ1) is 11.1. The zero-order valence-electron chi connectivity index (χ0n) is 13.2. The van der Waals surface area contributed by atoms with Crippen molar-refractivity contribution in [3.63, 3.8) is 0 Å². The van der Waals surface area contributed by atoms with Gasteiger partial charge in [-0.3, -0.25) is 4.79 Å². The van der Waals surface area contributed by atoms with Crippen molar-refractivity contribution < 1.29 is 9.53 Å². The van der Waals surface area contributed by atoms with Crippen LogP contribution in [0.5, 0.6) is 0 Å². The molecule has 0 spiro atoms. The van der Waals surface area contributed by atoms with Gasteiger partial charge in [-0.15, -0.1) is 5.10 Å². The second kappa shape index (κ2) is 7.02. The van der Waals surface area contributed by atoms with Crippen molar-refractivity contribution in [2.24, 2.45) is 0 Å². The SMILES string of the molecule is C[C@@H]1CN(c2snnc2/C=C/C(=O)c2ccccc2)C[C@H](C)O1. The van der Waals surface area contributed by atoms with Gasteiger partial charge in [-0.25, -0.2) is 0 Å². The van der Waals surface area contributed by atoms with Crippen molar-refractivity contribution >= 4 is 28.4 Å². The van der Waals surface area contributed by atoms with E-state index in [-0.39, 0.29) is 18.0 Å². The van der Waals surface area contributed by atoms with Crippen molar-refractivity contribution in [1.82, 2.24) is 9.59 Å². The zero-order chi connectivity index (χ0) is 16.2. The number of hydrogen-bond acceptors (Lipinski definition) is 6. The Kier molecular flexibility index (Phi) is 4.83. The summed E-state index contributed by atoms with van der Waals surface area (Å²) in [6.07, 6.45) is 3.65. The standard InChI is InChI=1S/C17H19N3O2S/c1-12-10-20(11-13(2)22-12)17-15(18-19-23-17)8-9-16(21)14-6-4-3-5-7-14/h3-9,12-13H,10-11H2,1-2H3/b9-8+/t12-,13+. The lowest BCUT2D eigenvalue weighted by molar-refractivity contribution is -0.00502. The summed E-state index contributed by atoms with van der Waals surface area (Å²) in [5.41, 5.74) is 1.41. The van der Waals surface area contributed by atoms with Crippen LogP contribution in [0.2, 0.25) is 0 Å². The van der Waals surface area contributed by atoms with E-state index in [0.717, 1.165) is 23.8 Å². The van der Waals surface area contributed by atoms with Crippen molar-refractivity contribution in [2.75, 3.05) is 18.0 Å². The van der Waals surface area contributed by atoms with E-state index in [1.807, 2.05) is 18.2 Å². The lowest BCUT2D eigenvalue weighted by Crippen LogP contribution is -2.45. The van der Waals surface area contributed by atoms with Crippen LogP contribution in [0.3, 0.4) is 0 Å². The number of ketones is 1. The zero-order valence-corrected chi connectivity index (χ0v) is 14.0. The van der Waals surface area contributed by atoms with E-state index in [2.05, 4.69) is 28.3 Å². The smallest absolute Gasteiger partial charge is 0.185 e. The fourth-order valence-electron chi connectivity index (χ4n) is 2.71. The Morgan fingerprint density at radius 3 is 2.65 bits per heavy atom. The summed E-state index contributed by atoms with van der Waals surface area (Å²) in [5.74, 6) is -0.0340. The van der Waals surface area contributed by atoms with Crippen LogP contribution < -0.4 is 4.90 Å². The third-order valence-electron chi connectivity index (χ3n) is 3.65. The van der Waals surface area contributed by atoms with E-state index in [1.165, 1.54) is 11.5 Å². The highest BCUT2D eigenvalue weighted by atomic mass is 32.1. The molecular weight excluding hydrogens is 310 g/mol. The number of carbonyl (C=O) groups excluding carboxylic acids is 1. The predicted molar refractivity (Wildman–Crippen MR) is 91.9 cm³/mol. The number of aromatic nitrogens is 2. The fraction of sp³-hybridized carbons (Fsp3) is 0.353. The number of hydrogen-bond donors (Lipinski definition) is 0. The summed E-state index contributed by atoms with van der Waals surface area (Å²) in [4.78, 5) is 14.4. The van der Waals surface area contributed by atoms with Crippen LogP contribution in [0.4, 0.5) is 5.00 Å². The molecule has 1 fully saturated rings. The van der Waals surface area contributed by atoms with Gasteiger partial charge in [-0.1, -0.05) is 34.8 Å². The van der Waals surface area contributed by atoms with Gasteiger partial charge in [-0.2, -0.15) is 0 Å². The molecular formula is C17H19N3O2S. The molecule has 6 heteroatoms. The van der Waals surface area contributed by atoms with Gasteiger partial charge in [0.1, 0.15) is 10.7 Å². The van der Waals surface area contributed by atoms with Crippen LogP contribution in [0, 0.1) is 0 Å². The summed E-state index contributed by atoms with van der Waals surface area (Å²) in [6.45, 7) is 5.74. The molecule has 0 bridgehead atoms. The number of rotatable bonds is 4. The van der Waals surface area contributed by atoms with E-state index >= 15 is 0 Å². The third-order valence-corrected chi connectivity index (χ3v) is 4.46. The molecule has 1 aromatic carbocycles. The summed E-state index contributed by atoms with van der Waals surface area (Å²) in [6, 6.07) is 9.21. The first kappa shape index (κ1) is 15.8. The largest absolute Gasteiger partial charge is 0.372 e. The average molecular weight is 329 g/mol. The van der Waals surface area contributed by atoms with Gasteiger partial charge in [0.15, 0.2) is 5.78 Å². The number of benzene rings is 1. The summed E-state index contributed by atoms with van der Waals surface area (Å²) in [7, 11) is 0. The monoisotopic (exact) mass is 329 g/mol. The number of ether oxygens (including phenoxy) is 1. The van der Waals surface area contributed by atoms with Crippen molar-refractivity contribution in [3.8, 4) is 0 Å². The highest BCUT2D eigenvalue weighted by Gasteiger charge is 2.25. The second-order valence-electron chi connectivity index (χ2n) is 5.69. The molecule has 0 amide bonds. The molecule has 120 valence electrons. The maximum Gasteiger partial charge on any atom is 0.185 e. The third kappa shape index (κ3) is 3.83. The number of allylic oxidation sites excluding steroid dienone is 1. The summed E-state index contributed by atoms with van der Waals surface area (Å²) in [5, 5.41) is 5.14. The Balaban J connectivity index is 1.76. The number of carbonyl (C=O) groups is 1. The Morgan fingerprint density at radius 2 is 1.96 bits per heavy atom. The summed E-state index contributed by atoms with van der Waals surface area (Å²) >= 11 is 1.35. The van der Waals surface area contributed by atoms with Gasteiger partial charge in [0.05, 0.1) is 12.2 Å². The average Bonchev–Trinajstić information content (AvgIpc) is 3.01. The molecule has 1 aromatic heterocycles. The molecule has 0 saturated carbocycles. The van der Waals surface area contributed by atoms with Gasteiger partial charge >= 0.3 is 0 Å². The molecule has 0 N–H and O–H groups in total. The minimum Gasteiger partial charge on any atom is -0.372 e. The first-order valence-corrected chi connectivity index (χ1v) is 8.41. The van der Waals surface area contributed by atoms with E-state index in [9.17, 15) is 4.79 Å². The lowest BCUT2D eigenvalue weighted by Gasteiger charge is -2.35. The van der Waals surface area contributed by atoms with E-state index < -0.39 is 0 Å². The van der Waals surface area contributed by atoms with Crippen molar-refractivity contribution in [3.05, 3.63) is 47.7 Å². The van der Waals surface area contributed by atoms with Crippen LogP contribution in [0.15, 0.2) is 36.4 Å². The van der Waals surface area contributed by atoms with Crippen LogP contribution in [0.1, 0.15) is 29.9 Å². The molecule has 2 aromatic rings. The van der Waals surface area contributed by atoms with Crippen LogP contribution in [-0.4, -0.2) is 40.7 Å². The van der Waals surface area contributed by atoms with E-state index in [0.29, 0.717) is 5.56 Å². The number of anilines is 1. The quantitative estimate of drug-likeness (QED) is 0.637. The minimum absolute atomic E-state index is 0.0340. The molecule has 23 heavy (non-hydrogen) atoms. The molecule has 1 aliphatic rings. The van der Waals surface area contributed by atoms with E-state index in [1.54, 1.807) is 24.3 Å². The maximum atomic E-state index is 12.2. The summed E-state index contributed by atoms with van der Waals surface area (Å²) < 4.78 is 9.81. The van der Waals surface area contributed by atoms with Crippen molar-refractivity contribution in [1.29, 1.82) is 0 Å². The van der Waals surface area contributed by atoms with Gasteiger partial charge in [0.2, 0.25) is 0 Å². The number of nitrogens with zero attached hydrogens (tertiary/aromatic N) is 3. The molecule has 0 radical (unpaired) electrons. The normalized spacial score (nSPS) is 21.7. The Morgan fingerprint density at radius 1 is 1.26 bits per heavy atom. The van der Waals surface area contributed by atoms with Gasteiger partial charge < -0.3 is 9.64 Å². The van der Waals surface area contributed by atoms with Crippen LogP contribution >= 0.6 is 11.5 Å². The molecule has 1 aliphatic heterocycles. The maximum absolute atomic E-state index is 12.2. The lowest BCUT2D eigenvalue weighted by atomic mass is 10.1.